The van der Waals surface area contributed by atoms with Crippen LogP contribution >= 0.6 is 0 Å². The Kier molecular flexibility index (Phi) is 6.04. The van der Waals surface area contributed by atoms with Crippen LogP contribution in [0.4, 0.5) is 0 Å². The van der Waals surface area contributed by atoms with Gasteiger partial charge in [-0.25, -0.2) is 0 Å². The van der Waals surface area contributed by atoms with Gasteiger partial charge in [-0.2, -0.15) is 0 Å². The number of carbonyl (C=O) groups excluding carboxylic acids is 2. The van der Waals surface area contributed by atoms with Crippen LogP contribution in [0.5, 0.6) is 0 Å². The summed E-state index contributed by atoms with van der Waals surface area (Å²) in [5.41, 5.74) is 2.15. The summed E-state index contributed by atoms with van der Waals surface area (Å²) in [6.07, 6.45) is 0.772. The number of nitrogens with one attached hydrogen (secondary N) is 1. The molecule has 136 valence electrons. The second-order valence-electron chi connectivity index (χ2n) is 6.87. The maximum absolute atomic E-state index is 12.3. The average Bonchev–Trinajstić information content (AvgIpc) is 2.95. The van der Waals surface area contributed by atoms with Gasteiger partial charge in [0.1, 0.15) is 0 Å². The van der Waals surface area contributed by atoms with E-state index in [2.05, 4.69) is 10.2 Å². The summed E-state index contributed by atoms with van der Waals surface area (Å²) < 4.78 is 5.34. The smallest absolute Gasteiger partial charge is 0.224 e. The van der Waals surface area contributed by atoms with Crippen LogP contribution in [-0.4, -0.2) is 73.6 Å². The summed E-state index contributed by atoms with van der Waals surface area (Å²) in [5, 5.41) is 3.02. The highest BCUT2D eigenvalue weighted by Crippen LogP contribution is 2.13. The second kappa shape index (κ2) is 8.45. The Morgan fingerprint density at radius 1 is 1.24 bits per heavy atom. The lowest BCUT2D eigenvalue weighted by Crippen LogP contribution is -2.43. The fourth-order valence-corrected chi connectivity index (χ4v) is 3.43. The van der Waals surface area contributed by atoms with Gasteiger partial charge in [-0.1, -0.05) is 24.3 Å². The molecule has 0 radical (unpaired) electrons. The molecule has 3 rings (SSSR count). The molecule has 1 N–H and O–H groups in total. The molecule has 25 heavy (non-hydrogen) atoms. The second-order valence-corrected chi connectivity index (χ2v) is 6.87. The van der Waals surface area contributed by atoms with Gasteiger partial charge in [0.05, 0.1) is 25.7 Å². The predicted octanol–water partition coefficient (Wildman–Crippen LogP) is 0.587. The van der Waals surface area contributed by atoms with E-state index in [4.69, 9.17) is 4.74 Å². The molecule has 0 saturated carbocycles. The third-order valence-corrected chi connectivity index (χ3v) is 4.98. The zero-order chi connectivity index (χ0) is 17.6. The molecule has 0 aliphatic carbocycles. The monoisotopic (exact) mass is 345 g/mol. The van der Waals surface area contributed by atoms with E-state index in [0.717, 1.165) is 50.5 Å². The van der Waals surface area contributed by atoms with Gasteiger partial charge in [0.25, 0.3) is 0 Å². The van der Waals surface area contributed by atoms with Gasteiger partial charge in [0, 0.05) is 39.1 Å². The summed E-state index contributed by atoms with van der Waals surface area (Å²) in [6, 6.07) is 7.83. The van der Waals surface area contributed by atoms with Gasteiger partial charge < -0.3 is 15.0 Å². The first-order chi connectivity index (χ1) is 12.1. The van der Waals surface area contributed by atoms with Crippen molar-refractivity contribution >= 4 is 11.8 Å². The van der Waals surface area contributed by atoms with E-state index in [1.165, 1.54) is 0 Å². The lowest BCUT2D eigenvalue weighted by atomic mass is 10.1. The van der Waals surface area contributed by atoms with Crippen LogP contribution in [0, 0.1) is 6.92 Å². The molecule has 2 saturated heterocycles. The maximum Gasteiger partial charge on any atom is 0.224 e. The van der Waals surface area contributed by atoms with Gasteiger partial charge in [-0.15, -0.1) is 0 Å². The van der Waals surface area contributed by atoms with Crippen LogP contribution in [0.25, 0.3) is 0 Å². The van der Waals surface area contributed by atoms with Gasteiger partial charge >= 0.3 is 0 Å². The van der Waals surface area contributed by atoms with Crippen LogP contribution in [0.2, 0.25) is 0 Å². The number of rotatable bonds is 6. The Morgan fingerprint density at radius 3 is 2.76 bits per heavy atom. The van der Waals surface area contributed by atoms with Gasteiger partial charge in [0.2, 0.25) is 11.8 Å². The van der Waals surface area contributed by atoms with Crippen LogP contribution in [-0.2, 0) is 20.7 Å². The van der Waals surface area contributed by atoms with E-state index in [9.17, 15) is 9.59 Å². The van der Waals surface area contributed by atoms with Crippen molar-refractivity contribution in [2.45, 2.75) is 25.8 Å². The molecule has 1 atom stereocenters. The van der Waals surface area contributed by atoms with Crippen molar-refractivity contribution in [3.05, 3.63) is 35.4 Å². The molecule has 0 bridgehead atoms. The van der Waals surface area contributed by atoms with Crippen LogP contribution < -0.4 is 5.32 Å². The summed E-state index contributed by atoms with van der Waals surface area (Å²) in [4.78, 5) is 28.6. The molecule has 0 unspecified atom stereocenters. The fraction of sp³-hybridized carbons (Fsp3) is 0.579. The van der Waals surface area contributed by atoms with Gasteiger partial charge in [-0.3, -0.25) is 14.5 Å². The number of hydrogen-bond acceptors (Lipinski definition) is 4. The van der Waals surface area contributed by atoms with Crippen molar-refractivity contribution < 1.29 is 14.3 Å². The Balaban J connectivity index is 1.44. The Labute approximate surface area is 149 Å². The lowest BCUT2D eigenvalue weighted by molar-refractivity contribution is -0.128. The number of hydrogen-bond donors (Lipinski definition) is 1. The number of nitrogens with zero attached hydrogens (tertiary/aromatic N) is 2. The summed E-state index contributed by atoms with van der Waals surface area (Å²) in [5.74, 6) is 0.122. The number of benzene rings is 1. The molecule has 2 aliphatic heterocycles. The molecule has 2 heterocycles. The normalized spacial score (nSPS) is 21.6. The van der Waals surface area contributed by atoms with Crippen LogP contribution in [0.1, 0.15) is 17.5 Å². The molecule has 0 aromatic heterocycles. The van der Waals surface area contributed by atoms with E-state index in [1.54, 1.807) is 0 Å². The third kappa shape index (κ3) is 5.03. The van der Waals surface area contributed by atoms with Crippen molar-refractivity contribution in [2.75, 3.05) is 45.9 Å². The third-order valence-electron chi connectivity index (χ3n) is 4.98. The zero-order valence-corrected chi connectivity index (χ0v) is 14.9. The molecule has 2 amide bonds. The maximum atomic E-state index is 12.3. The minimum absolute atomic E-state index is 0.0119. The minimum atomic E-state index is -0.0753. The largest absolute Gasteiger partial charge is 0.379 e. The van der Waals surface area contributed by atoms with Gasteiger partial charge in [0.15, 0.2) is 0 Å². The molecule has 1 aromatic rings. The number of morpholine rings is 1. The van der Waals surface area contributed by atoms with Crippen molar-refractivity contribution in [3.63, 3.8) is 0 Å². The highest BCUT2D eigenvalue weighted by atomic mass is 16.5. The first kappa shape index (κ1) is 17.9. The van der Waals surface area contributed by atoms with E-state index < -0.39 is 0 Å². The highest BCUT2D eigenvalue weighted by molar-refractivity contribution is 5.83. The van der Waals surface area contributed by atoms with E-state index >= 15 is 0 Å². The minimum Gasteiger partial charge on any atom is -0.379 e. The molecule has 6 heteroatoms. The number of ether oxygens (including phenoxy) is 1. The average molecular weight is 345 g/mol. The molecule has 1 aromatic carbocycles. The summed E-state index contributed by atoms with van der Waals surface area (Å²) >= 11 is 0. The van der Waals surface area contributed by atoms with Crippen molar-refractivity contribution in [3.8, 4) is 0 Å². The predicted molar refractivity (Wildman–Crippen MR) is 95.3 cm³/mol. The highest BCUT2D eigenvalue weighted by Gasteiger charge is 2.30. The van der Waals surface area contributed by atoms with E-state index in [1.807, 2.05) is 36.1 Å². The quantitative estimate of drug-likeness (QED) is 0.820. The van der Waals surface area contributed by atoms with Crippen LogP contribution in [0.3, 0.4) is 0 Å². The molecule has 2 fully saturated rings. The lowest BCUT2D eigenvalue weighted by Gasteiger charge is -2.28. The standard InChI is InChI=1S/C19H27N3O3/c1-15-4-2-3-5-16(15)12-18(23)20-17-13-19(24)22(14-17)7-6-21-8-10-25-11-9-21/h2-5,17H,6-14H2,1H3,(H,20,23)/t17-/m0/s1. The summed E-state index contributed by atoms with van der Waals surface area (Å²) in [7, 11) is 0. The van der Waals surface area contributed by atoms with Crippen molar-refractivity contribution in [1.82, 2.24) is 15.1 Å². The molecule has 0 spiro atoms. The first-order valence-corrected chi connectivity index (χ1v) is 9.03. The fourth-order valence-electron chi connectivity index (χ4n) is 3.43. The Morgan fingerprint density at radius 2 is 2.00 bits per heavy atom. The molecular formula is C19H27N3O3. The van der Waals surface area contributed by atoms with Crippen molar-refractivity contribution in [2.24, 2.45) is 0 Å². The van der Waals surface area contributed by atoms with Gasteiger partial charge in [-0.05, 0) is 18.1 Å². The van der Waals surface area contributed by atoms with E-state index in [-0.39, 0.29) is 17.9 Å². The number of likely N-dealkylation sites (tertiary alicyclic amines) is 1. The molecule has 6 nitrogen and oxygen atoms in total. The first-order valence-electron chi connectivity index (χ1n) is 9.03. The Bertz CT molecular complexity index is 614. The van der Waals surface area contributed by atoms with Crippen molar-refractivity contribution in [1.29, 1.82) is 0 Å². The number of amides is 2. The topological polar surface area (TPSA) is 61.9 Å². The SMILES string of the molecule is Cc1ccccc1CC(=O)N[C@H]1CC(=O)N(CCN2CCOCC2)C1. The molecule has 2 aliphatic rings. The number of aryl methyl sites for hydroxylation is 1. The Hall–Kier alpha value is -1.92. The van der Waals surface area contributed by atoms with Crippen LogP contribution in [0.15, 0.2) is 24.3 Å². The number of carbonyl (C=O) groups is 2. The summed E-state index contributed by atoms with van der Waals surface area (Å²) in [6.45, 7) is 7.62. The van der Waals surface area contributed by atoms with E-state index in [0.29, 0.717) is 19.4 Å². The molecular weight excluding hydrogens is 318 g/mol. The zero-order valence-electron chi connectivity index (χ0n) is 14.9.